The normalized spacial score (nSPS) is 21.0. The summed E-state index contributed by atoms with van der Waals surface area (Å²) in [7, 11) is 0. The molecule has 9 heteroatoms. The van der Waals surface area contributed by atoms with E-state index >= 15 is 0 Å². The molecule has 3 N–H and O–H groups in total. The SMILES string of the molecule is N#Cc1cc(C(=O)N2C[C@@H]3C[C@H]2CN3C(=O)c2ccco2)c(N)[nH]c1=O. The van der Waals surface area contributed by atoms with Crippen LogP contribution in [0.3, 0.4) is 0 Å². The highest BCUT2D eigenvalue weighted by Gasteiger charge is 2.48. The van der Waals surface area contributed by atoms with Crippen molar-refractivity contribution in [3.63, 3.8) is 0 Å². The maximum atomic E-state index is 12.8. The summed E-state index contributed by atoms with van der Waals surface area (Å²) in [5, 5.41) is 8.98. The van der Waals surface area contributed by atoms with Crippen LogP contribution in [0.15, 0.2) is 33.7 Å². The number of amides is 2. The highest BCUT2D eigenvalue weighted by Crippen LogP contribution is 2.33. The van der Waals surface area contributed by atoms with Gasteiger partial charge in [-0.3, -0.25) is 14.4 Å². The van der Waals surface area contributed by atoms with Gasteiger partial charge in [-0.2, -0.15) is 5.26 Å². The number of fused-ring (bicyclic) bond motifs is 2. The number of aromatic amines is 1. The molecule has 2 saturated heterocycles. The van der Waals surface area contributed by atoms with Gasteiger partial charge in [-0.15, -0.1) is 0 Å². The number of nitrogens with one attached hydrogen (secondary N) is 1. The van der Waals surface area contributed by atoms with Crippen LogP contribution in [0.1, 0.15) is 32.9 Å². The molecule has 2 atom stereocenters. The van der Waals surface area contributed by atoms with Gasteiger partial charge < -0.3 is 24.9 Å². The molecule has 9 nitrogen and oxygen atoms in total. The molecular formula is C17H15N5O4. The lowest BCUT2D eigenvalue weighted by atomic mass is 10.1. The van der Waals surface area contributed by atoms with E-state index in [0.29, 0.717) is 19.5 Å². The largest absolute Gasteiger partial charge is 0.459 e. The van der Waals surface area contributed by atoms with Crippen LogP contribution >= 0.6 is 0 Å². The first-order chi connectivity index (χ1) is 12.5. The summed E-state index contributed by atoms with van der Waals surface area (Å²) in [5.41, 5.74) is 5.07. The van der Waals surface area contributed by atoms with Gasteiger partial charge in [-0.25, -0.2) is 0 Å². The minimum Gasteiger partial charge on any atom is -0.459 e. The maximum absolute atomic E-state index is 12.8. The Kier molecular flexibility index (Phi) is 3.54. The second kappa shape index (κ2) is 5.77. The van der Waals surface area contributed by atoms with E-state index in [4.69, 9.17) is 15.4 Å². The number of rotatable bonds is 2. The molecule has 2 bridgehead atoms. The van der Waals surface area contributed by atoms with Crippen molar-refractivity contribution in [3.8, 4) is 6.07 Å². The molecule has 0 spiro atoms. The smallest absolute Gasteiger partial charge is 0.289 e. The van der Waals surface area contributed by atoms with Gasteiger partial charge in [0.1, 0.15) is 17.5 Å². The molecule has 2 aliphatic heterocycles. The minimum absolute atomic E-state index is 0.0645. The van der Waals surface area contributed by atoms with Crippen LogP contribution in [0.2, 0.25) is 0 Å². The van der Waals surface area contributed by atoms with Crippen molar-refractivity contribution in [1.29, 1.82) is 5.26 Å². The van der Waals surface area contributed by atoms with Crippen molar-refractivity contribution in [2.45, 2.75) is 18.5 Å². The van der Waals surface area contributed by atoms with Crippen molar-refractivity contribution in [3.05, 3.63) is 51.7 Å². The fraction of sp³-hybridized carbons (Fsp3) is 0.294. The van der Waals surface area contributed by atoms with Gasteiger partial charge >= 0.3 is 0 Å². The molecule has 0 aromatic carbocycles. The number of nitrogen functional groups attached to an aromatic ring is 1. The van der Waals surface area contributed by atoms with Crippen molar-refractivity contribution in [1.82, 2.24) is 14.8 Å². The number of nitrogens with zero attached hydrogens (tertiary/aromatic N) is 3. The Morgan fingerprint density at radius 1 is 1.27 bits per heavy atom. The maximum Gasteiger partial charge on any atom is 0.289 e. The van der Waals surface area contributed by atoms with Crippen LogP contribution in [0.4, 0.5) is 5.82 Å². The zero-order valence-corrected chi connectivity index (χ0v) is 13.6. The van der Waals surface area contributed by atoms with E-state index in [-0.39, 0.29) is 46.6 Å². The summed E-state index contributed by atoms with van der Waals surface area (Å²) >= 11 is 0. The van der Waals surface area contributed by atoms with Crippen LogP contribution in [0, 0.1) is 11.3 Å². The highest BCUT2D eigenvalue weighted by molar-refractivity contribution is 5.99. The van der Waals surface area contributed by atoms with Crippen LogP contribution in [-0.2, 0) is 0 Å². The van der Waals surface area contributed by atoms with Crippen LogP contribution < -0.4 is 11.3 Å². The lowest BCUT2D eigenvalue weighted by Gasteiger charge is -2.34. The number of hydrogen-bond donors (Lipinski definition) is 2. The van der Waals surface area contributed by atoms with Gasteiger partial charge in [-0.05, 0) is 24.6 Å². The lowest BCUT2D eigenvalue weighted by Crippen LogP contribution is -2.50. The Hall–Kier alpha value is -3.54. The molecule has 2 fully saturated rings. The molecular weight excluding hydrogens is 338 g/mol. The van der Waals surface area contributed by atoms with Crippen LogP contribution in [0.25, 0.3) is 0 Å². The molecule has 2 aliphatic rings. The molecule has 26 heavy (non-hydrogen) atoms. The number of aromatic nitrogens is 1. The molecule has 2 amide bonds. The van der Waals surface area contributed by atoms with Crippen LogP contribution in [0.5, 0.6) is 0 Å². The van der Waals surface area contributed by atoms with E-state index in [9.17, 15) is 14.4 Å². The monoisotopic (exact) mass is 353 g/mol. The first-order valence-corrected chi connectivity index (χ1v) is 8.08. The average molecular weight is 353 g/mol. The molecule has 0 saturated carbocycles. The van der Waals surface area contributed by atoms with E-state index in [1.165, 1.54) is 12.3 Å². The van der Waals surface area contributed by atoms with Gasteiger partial charge in [0.15, 0.2) is 5.76 Å². The van der Waals surface area contributed by atoms with Crippen molar-refractivity contribution in [2.75, 3.05) is 18.8 Å². The summed E-state index contributed by atoms with van der Waals surface area (Å²) in [6.07, 6.45) is 2.12. The summed E-state index contributed by atoms with van der Waals surface area (Å²) in [4.78, 5) is 42.6. The fourth-order valence-corrected chi connectivity index (χ4v) is 3.67. The summed E-state index contributed by atoms with van der Waals surface area (Å²) in [5.74, 6) is -0.331. The molecule has 4 rings (SSSR count). The van der Waals surface area contributed by atoms with Gasteiger partial charge in [-0.1, -0.05) is 0 Å². The number of likely N-dealkylation sites (tertiary alicyclic amines) is 2. The fourth-order valence-electron chi connectivity index (χ4n) is 3.67. The second-order valence-corrected chi connectivity index (χ2v) is 6.39. The van der Waals surface area contributed by atoms with E-state index in [0.717, 1.165) is 0 Å². The minimum atomic E-state index is -0.625. The summed E-state index contributed by atoms with van der Waals surface area (Å²) < 4.78 is 5.16. The number of nitriles is 1. The summed E-state index contributed by atoms with van der Waals surface area (Å²) in [6, 6.07) is 6.00. The molecule has 0 aliphatic carbocycles. The van der Waals surface area contributed by atoms with Crippen molar-refractivity contribution >= 4 is 17.6 Å². The third-order valence-corrected chi connectivity index (χ3v) is 4.92. The van der Waals surface area contributed by atoms with E-state index in [2.05, 4.69) is 4.98 Å². The third kappa shape index (κ3) is 2.35. The number of hydrogen-bond acceptors (Lipinski definition) is 6. The molecule has 132 valence electrons. The summed E-state index contributed by atoms with van der Waals surface area (Å²) in [6.45, 7) is 0.778. The first kappa shape index (κ1) is 16.0. The number of nitrogens with two attached hydrogens (primary N) is 1. The van der Waals surface area contributed by atoms with Crippen LogP contribution in [-0.4, -0.2) is 51.8 Å². The van der Waals surface area contributed by atoms with Gasteiger partial charge in [0.05, 0.1) is 23.9 Å². The van der Waals surface area contributed by atoms with E-state index in [1.807, 2.05) is 0 Å². The number of pyridine rings is 1. The van der Waals surface area contributed by atoms with E-state index < -0.39 is 5.56 Å². The molecule has 2 aromatic rings. The predicted molar refractivity (Wildman–Crippen MR) is 89.2 cm³/mol. The quantitative estimate of drug-likeness (QED) is 0.789. The van der Waals surface area contributed by atoms with Gasteiger partial charge in [0, 0.05) is 13.1 Å². The molecule has 0 radical (unpaired) electrons. The Morgan fingerprint density at radius 3 is 2.54 bits per heavy atom. The second-order valence-electron chi connectivity index (χ2n) is 6.39. The number of H-pyrrole nitrogens is 1. The number of carbonyl (C=O) groups excluding carboxylic acids is 2. The Labute approximate surface area is 147 Å². The standard InChI is InChI=1S/C17H15N5O4/c18-6-9-4-12(14(19)20-15(9)23)16(24)21-7-11-5-10(21)8-22(11)17(25)13-2-1-3-26-13/h1-4,10-11H,5,7-8H2,(H3,19,20,23)/t10-,11-/m0/s1. The number of furan rings is 1. The third-order valence-electron chi connectivity index (χ3n) is 4.92. The van der Waals surface area contributed by atoms with Crippen molar-refractivity contribution < 1.29 is 14.0 Å². The molecule has 0 unspecified atom stereocenters. The Bertz CT molecular complexity index is 988. The Balaban J connectivity index is 1.54. The van der Waals surface area contributed by atoms with Crippen molar-refractivity contribution in [2.24, 2.45) is 0 Å². The number of piperazine rings is 1. The average Bonchev–Trinajstić information content (AvgIpc) is 3.37. The molecule has 4 heterocycles. The van der Waals surface area contributed by atoms with Gasteiger partial charge in [0.25, 0.3) is 17.4 Å². The topological polar surface area (TPSA) is 136 Å². The predicted octanol–water partition coefficient (Wildman–Crippen LogP) is 0.161. The van der Waals surface area contributed by atoms with Gasteiger partial charge in [0.2, 0.25) is 0 Å². The zero-order chi connectivity index (χ0) is 18.4. The van der Waals surface area contributed by atoms with E-state index in [1.54, 1.807) is 28.0 Å². The Morgan fingerprint density at radius 2 is 1.96 bits per heavy atom. The number of anilines is 1. The zero-order valence-electron chi connectivity index (χ0n) is 13.6. The highest BCUT2D eigenvalue weighted by atomic mass is 16.3. The molecule has 2 aromatic heterocycles. The lowest BCUT2D eigenvalue weighted by molar-refractivity contribution is 0.0509. The first-order valence-electron chi connectivity index (χ1n) is 8.08. The number of carbonyl (C=O) groups is 2.